The molecule has 0 heterocycles. The van der Waals surface area contributed by atoms with Gasteiger partial charge in [-0.05, 0) is 24.3 Å². The second-order valence-electron chi connectivity index (χ2n) is 2.58. The molecule has 1 aromatic rings. The van der Waals surface area contributed by atoms with Gasteiger partial charge >= 0.3 is 0 Å². The maximum atomic E-state index is 5.39. The van der Waals surface area contributed by atoms with Gasteiger partial charge in [-0.25, -0.2) is 5.48 Å². The fraction of sp³-hybridized carbons (Fsp3) is 0.400. The van der Waals surface area contributed by atoms with E-state index >= 15 is 0 Å². The molecule has 0 saturated carbocycles. The van der Waals surface area contributed by atoms with Crippen LogP contribution in [0.3, 0.4) is 0 Å². The summed E-state index contributed by atoms with van der Waals surface area (Å²) in [4.78, 5) is 4.90. The van der Waals surface area contributed by atoms with E-state index in [2.05, 4.69) is 5.48 Å². The minimum atomic E-state index is 0.516. The number of hydrogen-bond donors (Lipinski definition) is 1. The van der Waals surface area contributed by atoms with Crippen molar-refractivity contribution in [2.45, 2.75) is 0 Å². The molecule has 0 atom stereocenters. The van der Waals surface area contributed by atoms with E-state index in [1.54, 1.807) is 14.2 Å². The van der Waals surface area contributed by atoms with Crippen molar-refractivity contribution in [3.05, 3.63) is 24.3 Å². The second-order valence-corrected chi connectivity index (χ2v) is 2.58. The third-order valence-electron chi connectivity index (χ3n) is 1.66. The Morgan fingerprint density at radius 1 is 1.07 bits per heavy atom. The van der Waals surface area contributed by atoms with Crippen LogP contribution < -0.4 is 15.0 Å². The van der Waals surface area contributed by atoms with Crippen LogP contribution in [0.1, 0.15) is 0 Å². The first-order chi connectivity index (χ1) is 6.86. The maximum absolute atomic E-state index is 5.39. The number of rotatable bonds is 6. The van der Waals surface area contributed by atoms with E-state index in [1.807, 2.05) is 24.3 Å². The van der Waals surface area contributed by atoms with Gasteiger partial charge in [0, 0.05) is 7.05 Å². The van der Waals surface area contributed by atoms with E-state index in [-0.39, 0.29) is 0 Å². The van der Waals surface area contributed by atoms with Gasteiger partial charge in [0.25, 0.3) is 0 Å². The van der Waals surface area contributed by atoms with E-state index in [4.69, 9.17) is 14.3 Å². The summed E-state index contributed by atoms with van der Waals surface area (Å²) in [7, 11) is 3.35. The van der Waals surface area contributed by atoms with Crippen LogP contribution in [0.15, 0.2) is 24.3 Å². The molecule has 0 aliphatic rings. The topological polar surface area (TPSA) is 39.7 Å². The zero-order chi connectivity index (χ0) is 10.2. The molecule has 0 amide bonds. The van der Waals surface area contributed by atoms with Gasteiger partial charge in [-0.2, -0.15) is 0 Å². The first-order valence-electron chi connectivity index (χ1n) is 4.42. The van der Waals surface area contributed by atoms with Crippen molar-refractivity contribution in [1.29, 1.82) is 0 Å². The Balaban J connectivity index is 2.29. The van der Waals surface area contributed by atoms with Crippen molar-refractivity contribution in [1.82, 2.24) is 5.48 Å². The van der Waals surface area contributed by atoms with Gasteiger partial charge in [0.05, 0.1) is 7.11 Å². The van der Waals surface area contributed by atoms with Crippen LogP contribution in [0.2, 0.25) is 0 Å². The van der Waals surface area contributed by atoms with Crippen LogP contribution >= 0.6 is 0 Å². The number of ether oxygens (including phenoxy) is 2. The molecular weight excluding hydrogens is 182 g/mol. The van der Waals surface area contributed by atoms with Crippen molar-refractivity contribution in [2.24, 2.45) is 0 Å². The summed E-state index contributed by atoms with van der Waals surface area (Å²) in [5.74, 6) is 1.63. The lowest BCUT2D eigenvalue weighted by Crippen LogP contribution is -2.14. The summed E-state index contributed by atoms with van der Waals surface area (Å²) in [6, 6.07) is 7.43. The molecular formula is C10H15NO3. The normalized spacial score (nSPS) is 9.86. The number of hydrogen-bond acceptors (Lipinski definition) is 4. The van der Waals surface area contributed by atoms with Crippen LogP contribution in [0.25, 0.3) is 0 Å². The van der Waals surface area contributed by atoms with Crippen molar-refractivity contribution in [2.75, 3.05) is 27.4 Å². The maximum Gasteiger partial charge on any atom is 0.119 e. The smallest absolute Gasteiger partial charge is 0.119 e. The molecule has 1 N–H and O–H groups in total. The fourth-order valence-corrected chi connectivity index (χ4v) is 0.975. The molecule has 0 aromatic heterocycles. The molecule has 0 bridgehead atoms. The monoisotopic (exact) mass is 197 g/mol. The molecule has 14 heavy (non-hydrogen) atoms. The van der Waals surface area contributed by atoms with Gasteiger partial charge in [-0.15, -0.1) is 0 Å². The highest BCUT2D eigenvalue weighted by molar-refractivity contribution is 5.30. The first-order valence-corrected chi connectivity index (χ1v) is 4.42. The summed E-state index contributed by atoms with van der Waals surface area (Å²) in [5, 5.41) is 0. The highest BCUT2D eigenvalue weighted by Gasteiger charge is 1.94. The van der Waals surface area contributed by atoms with E-state index in [9.17, 15) is 0 Å². The Bertz CT molecular complexity index is 248. The van der Waals surface area contributed by atoms with Gasteiger partial charge in [-0.1, -0.05) is 0 Å². The molecule has 0 fully saturated rings. The summed E-state index contributed by atoms with van der Waals surface area (Å²) in [5.41, 5.74) is 2.57. The molecule has 0 saturated heterocycles. The Morgan fingerprint density at radius 2 is 1.71 bits per heavy atom. The number of benzene rings is 1. The minimum absolute atomic E-state index is 0.516. The number of methoxy groups -OCH3 is 1. The lowest BCUT2D eigenvalue weighted by Gasteiger charge is -2.06. The molecule has 78 valence electrons. The molecule has 0 radical (unpaired) electrons. The van der Waals surface area contributed by atoms with Gasteiger partial charge in [0.1, 0.15) is 24.7 Å². The van der Waals surface area contributed by atoms with Gasteiger partial charge < -0.3 is 9.47 Å². The van der Waals surface area contributed by atoms with Crippen LogP contribution in [0.4, 0.5) is 0 Å². The van der Waals surface area contributed by atoms with E-state index in [1.165, 1.54) is 0 Å². The Kier molecular flexibility index (Phi) is 4.82. The molecule has 1 rings (SSSR count). The molecule has 1 aromatic carbocycles. The summed E-state index contributed by atoms with van der Waals surface area (Å²) in [6.07, 6.45) is 0. The Morgan fingerprint density at radius 3 is 2.29 bits per heavy atom. The molecule has 4 heteroatoms. The van der Waals surface area contributed by atoms with Crippen molar-refractivity contribution < 1.29 is 14.3 Å². The van der Waals surface area contributed by atoms with Crippen LogP contribution in [-0.4, -0.2) is 27.4 Å². The predicted molar refractivity (Wildman–Crippen MR) is 53.5 cm³/mol. The minimum Gasteiger partial charge on any atom is -0.497 e. The molecule has 0 spiro atoms. The van der Waals surface area contributed by atoms with Crippen molar-refractivity contribution in [3.63, 3.8) is 0 Å². The third kappa shape index (κ3) is 3.64. The van der Waals surface area contributed by atoms with E-state index < -0.39 is 0 Å². The summed E-state index contributed by atoms with van der Waals surface area (Å²) >= 11 is 0. The Hall–Kier alpha value is -1.26. The average Bonchev–Trinajstić information content (AvgIpc) is 2.25. The number of hydroxylamine groups is 1. The van der Waals surface area contributed by atoms with Gasteiger partial charge in [0.15, 0.2) is 0 Å². The Labute approximate surface area is 83.7 Å². The van der Waals surface area contributed by atoms with E-state index in [0.717, 1.165) is 11.5 Å². The quantitative estimate of drug-likeness (QED) is 0.550. The highest BCUT2D eigenvalue weighted by atomic mass is 16.7. The largest absolute Gasteiger partial charge is 0.497 e. The van der Waals surface area contributed by atoms with Crippen LogP contribution in [0, 0.1) is 0 Å². The predicted octanol–water partition coefficient (Wildman–Crippen LogP) is 1.22. The second kappa shape index (κ2) is 6.23. The number of nitrogens with one attached hydrogen (secondary N) is 1. The molecule has 0 unspecified atom stereocenters. The highest BCUT2D eigenvalue weighted by Crippen LogP contribution is 2.16. The zero-order valence-corrected chi connectivity index (χ0v) is 8.45. The molecule has 0 aliphatic heterocycles. The van der Waals surface area contributed by atoms with Crippen LogP contribution in [0.5, 0.6) is 11.5 Å². The standard InChI is InChI=1S/C10H15NO3/c1-11-14-8-7-13-10-5-3-9(12-2)4-6-10/h3-6,11H,7-8H2,1-2H3. The third-order valence-corrected chi connectivity index (χ3v) is 1.66. The van der Waals surface area contributed by atoms with Crippen LogP contribution in [-0.2, 0) is 4.84 Å². The zero-order valence-electron chi connectivity index (χ0n) is 8.45. The van der Waals surface area contributed by atoms with Crippen molar-refractivity contribution >= 4 is 0 Å². The molecule has 0 aliphatic carbocycles. The first kappa shape index (κ1) is 10.8. The van der Waals surface area contributed by atoms with Gasteiger partial charge in [0.2, 0.25) is 0 Å². The SMILES string of the molecule is CNOCCOc1ccc(OC)cc1. The molecule has 4 nitrogen and oxygen atoms in total. The lowest BCUT2D eigenvalue weighted by molar-refractivity contribution is 0.0367. The fourth-order valence-electron chi connectivity index (χ4n) is 0.975. The van der Waals surface area contributed by atoms with E-state index in [0.29, 0.717) is 13.2 Å². The summed E-state index contributed by atoms with van der Waals surface area (Å²) in [6.45, 7) is 1.04. The average molecular weight is 197 g/mol. The van der Waals surface area contributed by atoms with Gasteiger partial charge in [-0.3, -0.25) is 4.84 Å². The lowest BCUT2D eigenvalue weighted by atomic mass is 10.3. The summed E-state index contributed by atoms with van der Waals surface area (Å²) < 4.78 is 10.4. The van der Waals surface area contributed by atoms with Crippen molar-refractivity contribution in [3.8, 4) is 11.5 Å².